The summed E-state index contributed by atoms with van der Waals surface area (Å²) in [5.74, 6) is -0.534. The minimum atomic E-state index is -0.579. The molecule has 1 heterocycles. The summed E-state index contributed by atoms with van der Waals surface area (Å²) in [6, 6.07) is 9.02. The van der Waals surface area contributed by atoms with E-state index in [0.717, 1.165) is 23.7 Å². The molecular weight excluding hydrogens is 346 g/mol. The van der Waals surface area contributed by atoms with Crippen LogP contribution in [-0.2, 0) is 11.2 Å². The van der Waals surface area contributed by atoms with Crippen molar-refractivity contribution in [2.45, 2.75) is 13.3 Å². The molecule has 1 aliphatic rings. The first-order valence-corrected chi connectivity index (χ1v) is 7.91. The molecule has 128 valence electrons. The van der Waals surface area contributed by atoms with Crippen LogP contribution in [0.4, 0.5) is 17.1 Å². The number of fused-ring (bicyclic) bond motifs is 1. The molecule has 0 radical (unpaired) electrons. The fourth-order valence-corrected chi connectivity index (χ4v) is 3.04. The van der Waals surface area contributed by atoms with Gasteiger partial charge in [0.15, 0.2) is 0 Å². The highest BCUT2D eigenvalue weighted by Gasteiger charge is 2.23. The Hall–Kier alpha value is -2.93. The minimum Gasteiger partial charge on any atom is -0.322 e. The van der Waals surface area contributed by atoms with E-state index in [1.807, 2.05) is 6.07 Å². The summed E-state index contributed by atoms with van der Waals surface area (Å²) in [6.07, 6.45) is 0.775. The van der Waals surface area contributed by atoms with Gasteiger partial charge in [-0.2, -0.15) is 0 Å². The summed E-state index contributed by atoms with van der Waals surface area (Å²) in [4.78, 5) is 35.9. The highest BCUT2D eigenvalue weighted by atomic mass is 35.5. The number of nitrogens with one attached hydrogen (secondary N) is 1. The van der Waals surface area contributed by atoms with Crippen molar-refractivity contribution in [3.8, 4) is 0 Å². The van der Waals surface area contributed by atoms with Gasteiger partial charge in [-0.3, -0.25) is 19.7 Å². The Balaban J connectivity index is 1.84. The summed E-state index contributed by atoms with van der Waals surface area (Å²) < 4.78 is 0. The van der Waals surface area contributed by atoms with Gasteiger partial charge >= 0.3 is 0 Å². The molecule has 25 heavy (non-hydrogen) atoms. The molecule has 2 aromatic carbocycles. The van der Waals surface area contributed by atoms with Crippen molar-refractivity contribution < 1.29 is 14.5 Å². The summed E-state index contributed by atoms with van der Waals surface area (Å²) in [5, 5.41) is 13.4. The van der Waals surface area contributed by atoms with E-state index in [0.29, 0.717) is 12.2 Å². The SMILES string of the molecule is CC(=O)N1CCc2ccc(NC(=O)c3ccc([N+](=O)[O-])cc3Cl)cc21. The molecule has 0 unspecified atom stereocenters. The number of hydrogen-bond donors (Lipinski definition) is 1. The van der Waals surface area contributed by atoms with E-state index in [9.17, 15) is 19.7 Å². The number of carbonyl (C=O) groups excluding carboxylic acids is 2. The smallest absolute Gasteiger partial charge is 0.270 e. The molecule has 1 aliphatic heterocycles. The number of amides is 2. The van der Waals surface area contributed by atoms with Crippen molar-refractivity contribution in [2.24, 2.45) is 0 Å². The largest absolute Gasteiger partial charge is 0.322 e. The first-order valence-electron chi connectivity index (χ1n) is 7.53. The highest BCUT2D eigenvalue weighted by molar-refractivity contribution is 6.34. The number of benzene rings is 2. The van der Waals surface area contributed by atoms with Crippen molar-refractivity contribution in [2.75, 3.05) is 16.8 Å². The lowest BCUT2D eigenvalue weighted by Crippen LogP contribution is -2.25. The molecule has 0 spiro atoms. The average Bonchev–Trinajstić information content (AvgIpc) is 2.97. The number of anilines is 2. The lowest BCUT2D eigenvalue weighted by Gasteiger charge is -2.16. The molecule has 2 amide bonds. The number of rotatable bonds is 3. The van der Waals surface area contributed by atoms with Crippen molar-refractivity contribution in [3.63, 3.8) is 0 Å². The van der Waals surface area contributed by atoms with Crippen LogP contribution in [0.5, 0.6) is 0 Å². The molecule has 0 fully saturated rings. The zero-order chi connectivity index (χ0) is 18.1. The molecule has 2 aromatic rings. The quantitative estimate of drug-likeness (QED) is 0.671. The monoisotopic (exact) mass is 359 g/mol. The third kappa shape index (κ3) is 3.32. The number of carbonyl (C=O) groups is 2. The zero-order valence-corrected chi connectivity index (χ0v) is 14.0. The van der Waals surface area contributed by atoms with Gasteiger partial charge in [0.05, 0.1) is 15.5 Å². The Morgan fingerprint density at radius 3 is 2.64 bits per heavy atom. The lowest BCUT2D eigenvalue weighted by molar-refractivity contribution is -0.384. The average molecular weight is 360 g/mol. The minimum absolute atomic E-state index is 0.00165. The fraction of sp³-hybridized carbons (Fsp3) is 0.176. The molecule has 0 atom stereocenters. The number of nitro benzene ring substituents is 1. The van der Waals surface area contributed by atoms with E-state index in [4.69, 9.17) is 11.6 Å². The molecule has 0 aromatic heterocycles. The van der Waals surface area contributed by atoms with Crippen LogP contribution >= 0.6 is 11.6 Å². The highest BCUT2D eigenvalue weighted by Crippen LogP contribution is 2.31. The van der Waals surface area contributed by atoms with E-state index in [1.54, 1.807) is 17.0 Å². The van der Waals surface area contributed by atoms with Crippen molar-refractivity contribution in [3.05, 3.63) is 62.7 Å². The van der Waals surface area contributed by atoms with Gasteiger partial charge in [0, 0.05) is 37.0 Å². The van der Waals surface area contributed by atoms with E-state index >= 15 is 0 Å². The molecule has 0 aliphatic carbocycles. The van der Waals surface area contributed by atoms with Gasteiger partial charge in [0.2, 0.25) is 5.91 Å². The molecular formula is C17H14ClN3O4. The van der Waals surface area contributed by atoms with Crippen LogP contribution in [0.3, 0.4) is 0 Å². The summed E-state index contributed by atoms with van der Waals surface area (Å²) in [5.41, 5.74) is 2.29. The van der Waals surface area contributed by atoms with Crippen LogP contribution in [0.25, 0.3) is 0 Å². The van der Waals surface area contributed by atoms with E-state index in [-0.39, 0.29) is 22.2 Å². The number of halogens is 1. The zero-order valence-electron chi connectivity index (χ0n) is 13.3. The van der Waals surface area contributed by atoms with Gasteiger partial charge in [0.25, 0.3) is 11.6 Å². The molecule has 8 heteroatoms. The molecule has 7 nitrogen and oxygen atoms in total. The maximum atomic E-state index is 12.4. The summed E-state index contributed by atoms with van der Waals surface area (Å²) in [7, 11) is 0. The Labute approximate surface area is 148 Å². The van der Waals surface area contributed by atoms with E-state index in [1.165, 1.54) is 19.1 Å². The van der Waals surface area contributed by atoms with Crippen LogP contribution in [-0.4, -0.2) is 23.3 Å². The number of nitrogens with zero attached hydrogens (tertiary/aromatic N) is 2. The lowest BCUT2D eigenvalue weighted by atomic mass is 10.1. The van der Waals surface area contributed by atoms with Gasteiger partial charge in [-0.1, -0.05) is 17.7 Å². The van der Waals surface area contributed by atoms with Gasteiger partial charge < -0.3 is 10.2 Å². The van der Waals surface area contributed by atoms with Crippen molar-refractivity contribution in [1.82, 2.24) is 0 Å². The standard InChI is InChI=1S/C17H14ClN3O4/c1-10(22)20-7-6-11-2-3-12(8-16(11)20)19-17(23)14-5-4-13(21(24)25)9-15(14)18/h2-5,8-9H,6-7H2,1H3,(H,19,23). The maximum Gasteiger partial charge on any atom is 0.270 e. The van der Waals surface area contributed by atoms with Gasteiger partial charge in [-0.25, -0.2) is 0 Å². The Morgan fingerprint density at radius 1 is 1.24 bits per heavy atom. The van der Waals surface area contributed by atoms with Crippen LogP contribution in [0.15, 0.2) is 36.4 Å². The number of non-ortho nitro benzene ring substituents is 1. The third-order valence-electron chi connectivity index (χ3n) is 4.03. The normalized spacial score (nSPS) is 12.6. The first kappa shape index (κ1) is 16.9. The van der Waals surface area contributed by atoms with Crippen LogP contribution in [0.2, 0.25) is 5.02 Å². The van der Waals surface area contributed by atoms with Crippen LogP contribution in [0.1, 0.15) is 22.8 Å². The predicted octanol–water partition coefficient (Wildman–Crippen LogP) is 3.41. The number of nitro groups is 1. The third-order valence-corrected chi connectivity index (χ3v) is 4.34. The predicted molar refractivity (Wildman–Crippen MR) is 94.2 cm³/mol. The van der Waals surface area contributed by atoms with Crippen LogP contribution < -0.4 is 10.2 Å². The first-order chi connectivity index (χ1) is 11.9. The van der Waals surface area contributed by atoms with E-state index < -0.39 is 10.8 Å². The van der Waals surface area contributed by atoms with E-state index in [2.05, 4.69) is 5.32 Å². The van der Waals surface area contributed by atoms with Gasteiger partial charge in [-0.15, -0.1) is 0 Å². The summed E-state index contributed by atoms with van der Waals surface area (Å²) >= 11 is 5.97. The summed E-state index contributed by atoms with van der Waals surface area (Å²) in [6.45, 7) is 2.12. The number of hydrogen-bond acceptors (Lipinski definition) is 4. The maximum absolute atomic E-state index is 12.4. The topological polar surface area (TPSA) is 92.6 Å². The molecule has 1 N–H and O–H groups in total. The Bertz CT molecular complexity index is 897. The fourth-order valence-electron chi connectivity index (χ4n) is 2.78. The Morgan fingerprint density at radius 2 is 2.00 bits per heavy atom. The molecule has 0 saturated carbocycles. The van der Waals surface area contributed by atoms with Crippen molar-refractivity contribution >= 4 is 40.5 Å². The van der Waals surface area contributed by atoms with Crippen molar-refractivity contribution in [1.29, 1.82) is 0 Å². The molecule has 0 bridgehead atoms. The second-order valence-electron chi connectivity index (χ2n) is 5.64. The molecule has 0 saturated heterocycles. The van der Waals surface area contributed by atoms with Crippen LogP contribution in [0, 0.1) is 10.1 Å². The second-order valence-corrected chi connectivity index (χ2v) is 6.05. The Kier molecular flexibility index (Phi) is 4.41. The molecule has 3 rings (SSSR count). The second kappa shape index (κ2) is 6.52. The van der Waals surface area contributed by atoms with Gasteiger partial charge in [-0.05, 0) is 30.2 Å². The van der Waals surface area contributed by atoms with Gasteiger partial charge in [0.1, 0.15) is 0 Å².